The minimum absolute atomic E-state index is 0.183. The summed E-state index contributed by atoms with van der Waals surface area (Å²) in [6.07, 6.45) is 0. The molecule has 2 aromatic rings. The van der Waals surface area contributed by atoms with Crippen molar-refractivity contribution in [2.24, 2.45) is 5.73 Å². The Morgan fingerprint density at radius 1 is 1.24 bits per heavy atom. The third-order valence-corrected chi connectivity index (χ3v) is 5.21. The third kappa shape index (κ3) is 2.85. The quantitative estimate of drug-likeness (QED) is 0.793. The second-order valence-electron chi connectivity index (χ2n) is 3.72. The summed E-state index contributed by atoms with van der Waals surface area (Å²) in [5.74, 6) is 0. The lowest BCUT2D eigenvalue weighted by atomic mass is 10.1. The summed E-state index contributed by atoms with van der Waals surface area (Å²) in [6, 6.07) is 7.37. The first-order chi connectivity index (χ1) is 7.99. The second kappa shape index (κ2) is 5.29. The van der Waals surface area contributed by atoms with Crippen molar-refractivity contribution in [1.29, 1.82) is 0 Å². The molecule has 1 aromatic heterocycles. The molecule has 5 heteroatoms. The summed E-state index contributed by atoms with van der Waals surface area (Å²) in [6.45, 7) is 2.06. The molecule has 0 bridgehead atoms. The van der Waals surface area contributed by atoms with Crippen molar-refractivity contribution in [3.8, 4) is 0 Å². The number of hydrogen-bond donors (Lipinski definition) is 1. The Morgan fingerprint density at radius 2 is 1.94 bits per heavy atom. The van der Waals surface area contributed by atoms with E-state index < -0.39 is 0 Å². The molecule has 2 rings (SSSR count). The number of nitrogens with two attached hydrogens (primary N) is 1. The number of benzene rings is 1. The topological polar surface area (TPSA) is 26.0 Å². The van der Waals surface area contributed by atoms with E-state index in [0.29, 0.717) is 10.0 Å². The first-order valence-corrected chi connectivity index (χ1v) is 7.32. The predicted molar refractivity (Wildman–Crippen MR) is 79.2 cm³/mol. The van der Waals surface area contributed by atoms with E-state index in [0.717, 1.165) is 14.9 Å². The van der Waals surface area contributed by atoms with Crippen LogP contribution in [-0.4, -0.2) is 0 Å². The van der Waals surface area contributed by atoms with Gasteiger partial charge in [-0.25, -0.2) is 0 Å². The predicted octanol–water partition coefficient (Wildman–Crippen LogP) is 5.17. The van der Waals surface area contributed by atoms with Crippen LogP contribution in [-0.2, 0) is 0 Å². The van der Waals surface area contributed by atoms with Gasteiger partial charge in [0.1, 0.15) is 0 Å². The van der Waals surface area contributed by atoms with Crippen molar-refractivity contribution in [3.63, 3.8) is 0 Å². The Labute approximate surface area is 123 Å². The minimum atomic E-state index is -0.183. The molecule has 1 heterocycles. The zero-order chi connectivity index (χ0) is 12.6. The van der Waals surface area contributed by atoms with Gasteiger partial charge in [0, 0.05) is 14.2 Å². The lowest BCUT2D eigenvalue weighted by Crippen LogP contribution is -2.10. The van der Waals surface area contributed by atoms with E-state index in [2.05, 4.69) is 28.9 Å². The number of rotatable bonds is 2. The zero-order valence-corrected chi connectivity index (χ0v) is 12.9. The molecule has 0 amide bonds. The molecule has 1 aromatic carbocycles. The van der Waals surface area contributed by atoms with Gasteiger partial charge in [-0.1, -0.05) is 29.3 Å². The second-order valence-corrected chi connectivity index (χ2v) is 6.68. The van der Waals surface area contributed by atoms with Gasteiger partial charge < -0.3 is 5.73 Å². The monoisotopic (exact) mass is 349 g/mol. The number of halogens is 3. The van der Waals surface area contributed by atoms with Crippen LogP contribution in [0.4, 0.5) is 0 Å². The normalized spacial score (nSPS) is 12.8. The molecule has 0 saturated carbocycles. The van der Waals surface area contributed by atoms with E-state index in [1.807, 2.05) is 12.1 Å². The Hall–Kier alpha value is -0.0600. The van der Waals surface area contributed by atoms with Crippen LogP contribution in [0.15, 0.2) is 28.7 Å². The van der Waals surface area contributed by atoms with Crippen LogP contribution in [0.3, 0.4) is 0 Å². The van der Waals surface area contributed by atoms with E-state index >= 15 is 0 Å². The van der Waals surface area contributed by atoms with E-state index in [4.69, 9.17) is 28.9 Å². The fourth-order valence-electron chi connectivity index (χ4n) is 1.57. The molecule has 1 atom stereocenters. The van der Waals surface area contributed by atoms with Crippen LogP contribution in [0.25, 0.3) is 0 Å². The first kappa shape index (κ1) is 13.4. The molecule has 1 nitrogen and oxygen atoms in total. The summed E-state index contributed by atoms with van der Waals surface area (Å²) >= 11 is 17.1. The van der Waals surface area contributed by atoms with Gasteiger partial charge >= 0.3 is 0 Å². The maximum atomic E-state index is 6.23. The van der Waals surface area contributed by atoms with Gasteiger partial charge in [-0.15, -0.1) is 11.3 Å². The molecular formula is C12H10BrCl2NS. The van der Waals surface area contributed by atoms with E-state index in [1.165, 1.54) is 4.88 Å². The van der Waals surface area contributed by atoms with E-state index in [9.17, 15) is 0 Å². The first-order valence-electron chi connectivity index (χ1n) is 4.95. The molecule has 0 aliphatic heterocycles. The van der Waals surface area contributed by atoms with Crippen LogP contribution < -0.4 is 5.73 Å². The molecule has 2 N–H and O–H groups in total. The maximum absolute atomic E-state index is 6.23. The average molecular weight is 351 g/mol. The highest BCUT2D eigenvalue weighted by atomic mass is 79.9. The lowest BCUT2D eigenvalue weighted by Gasteiger charge is -2.11. The molecule has 0 aliphatic rings. The average Bonchev–Trinajstić information content (AvgIpc) is 2.61. The van der Waals surface area contributed by atoms with Crippen LogP contribution in [0.1, 0.15) is 21.4 Å². The molecular weight excluding hydrogens is 341 g/mol. The Kier molecular flexibility index (Phi) is 4.16. The summed E-state index contributed by atoms with van der Waals surface area (Å²) in [7, 11) is 0. The summed E-state index contributed by atoms with van der Waals surface area (Å²) < 4.78 is 1.04. The van der Waals surface area contributed by atoms with Gasteiger partial charge in [0.15, 0.2) is 0 Å². The van der Waals surface area contributed by atoms with Gasteiger partial charge in [0.25, 0.3) is 0 Å². The Morgan fingerprint density at radius 3 is 2.47 bits per heavy atom. The zero-order valence-electron chi connectivity index (χ0n) is 9.01. The smallest absolute Gasteiger partial charge is 0.0658 e. The Balaban J connectivity index is 2.40. The van der Waals surface area contributed by atoms with E-state index in [1.54, 1.807) is 17.4 Å². The summed E-state index contributed by atoms with van der Waals surface area (Å²) in [5, 5.41) is 1.08. The largest absolute Gasteiger partial charge is 0.320 e. The molecule has 0 spiro atoms. The molecule has 0 aliphatic carbocycles. The summed E-state index contributed by atoms with van der Waals surface area (Å²) in [4.78, 5) is 2.32. The van der Waals surface area contributed by atoms with Gasteiger partial charge in [-0.2, -0.15) is 0 Å². The molecule has 17 heavy (non-hydrogen) atoms. The van der Waals surface area contributed by atoms with Crippen molar-refractivity contribution in [3.05, 3.63) is 54.1 Å². The minimum Gasteiger partial charge on any atom is -0.320 e. The maximum Gasteiger partial charge on any atom is 0.0658 e. The molecule has 0 saturated heterocycles. The van der Waals surface area contributed by atoms with Crippen molar-refractivity contribution in [2.75, 3.05) is 0 Å². The van der Waals surface area contributed by atoms with Crippen LogP contribution >= 0.6 is 50.5 Å². The van der Waals surface area contributed by atoms with Gasteiger partial charge in [-0.05, 0) is 46.6 Å². The van der Waals surface area contributed by atoms with Crippen LogP contribution in [0, 0.1) is 6.92 Å². The number of aryl methyl sites for hydroxylation is 1. The fourth-order valence-corrected chi connectivity index (χ4v) is 3.80. The van der Waals surface area contributed by atoms with Gasteiger partial charge in [0.2, 0.25) is 0 Å². The van der Waals surface area contributed by atoms with Gasteiger partial charge in [0.05, 0.1) is 16.1 Å². The highest BCUT2D eigenvalue weighted by molar-refractivity contribution is 9.10. The van der Waals surface area contributed by atoms with Crippen molar-refractivity contribution in [2.45, 2.75) is 13.0 Å². The highest BCUT2D eigenvalue weighted by Crippen LogP contribution is 2.35. The standard InChI is InChI=1S/C12H10BrCl2NS/c1-6-4-8(13)12(17-6)11(16)7-2-3-9(14)10(15)5-7/h2-5,11H,16H2,1H3. The molecule has 90 valence electrons. The highest BCUT2D eigenvalue weighted by Gasteiger charge is 2.16. The van der Waals surface area contributed by atoms with Crippen molar-refractivity contribution in [1.82, 2.24) is 0 Å². The Bertz CT molecular complexity index is 553. The SMILES string of the molecule is Cc1cc(Br)c(C(N)c2ccc(Cl)c(Cl)c2)s1. The number of thiophene rings is 1. The van der Waals surface area contributed by atoms with Crippen molar-refractivity contribution >= 4 is 50.5 Å². The molecule has 1 unspecified atom stereocenters. The molecule has 0 fully saturated rings. The molecule has 0 radical (unpaired) electrons. The van der Waals surface area contributed by atoms with Crippen LogP contribution in [0.5, 0.6) is 0 Å². The van der Waals surface area contributed by atoms with Crippen LogP contribution in [0.2, 0.25) is 10.0 Å². The summed E-state index contributed by atoms with van der Waals surface area (Å²) in [5.41, 5.74) is 7.19. The third-order valence-electron chi connectivity index (χ3n) is 2.42. The van der Waals surface area contributed by atoms with Gasteiger partial charge in [-0.3, -0.25) is 0 Å². The number of hydrogen-bond acceptors (Lipinski definition) is 2. The fraction of sp³-hybridized carbons (Fsp3) is 0.167. The lowest BCUT2D eigenvalue weighted by molar-refractivity contribution is 0.889. The van der Waals surface area contributed by atoms with E-state index in [-0.39, 0.29) is 6.04 Å². The van der Waals surface area contributed by atoms with Crippen molar-refractivity contribution < 1.29 is 0 Å².